The molecule has 3 rings (SSSR count). The van der Waals surface area contributed by atoms with Crippen molar-refractivity contribution in [3.05, 3.63) is 71.8 Å². The molecule has 0 spiro atoms. The molecule has 1 aliphatic carbocycles. The molecule has 2 heteroatoms. The van der Waals surface area contributed by atoms with E-state index in [1.54, 1.807) is 0 Å². The number of nitrogens with one attached hydrogen (secondary N) is 2. The van der Waals surface area contributed by atoms with Crippen LogP contribution in [-0.4, -0.2) is 12.1 Å². The molecule has 0 bridgehead atoms. The average molecular weight is 322 g/mol. The lowest BCUT2D eigenvalue weighted by Gasteiger charge is -2.37. The third-order valence-corrected chi connectivity index (χ3v) is 5.29. The lowest BCUT2D eigenvalue weighted by atomic mass is 9.88. The molecule has 2 aromatic carbocycles. The van der Waals surface area contributed by atoms with Gasteiger partial charge < -0.3 is 10.6 Å². The van der Waals surface area contributed by atoms with Crippen LogP contribution >= 0.6 is 0 Å². The summed E-state index contributed by atoms with van der Waals surface area (Å²) in [5.74, 6) is 0. The van der Waals surface area contributed by atoms with Crippen molar-refractivity contribution in [3.8, 4) is 0 Å². The first-order chi connectivity index (χ1) is 11.7. The van der Waals surface area contributed by atoms with Gasteiger partial charge in [0.2, 0.25) is 0 Å². The van der Waals surface area contributed by atoms with E-state index in [-0.39, 0.29) is 0 Å². The Hall–Kier alpha value is -1.64. The Morgan fingerprint density at radius 1 is 0.667 bits per heavy atom. The smallest absolute Gasteiger partial charge is 0.0295 e. The minimum Gasteiger partial charge on any atom is -0.306 e. The maximum Gasteiger partial charge on any atom is 0.0295 e. The molecular formula is C22H30N2. The summed E-state index contributed by atoms with van der Waals surface area (Å²) < 4.78 is 0. The lowest BCUT2D eigenvalue weighted by molar-refractivity contribution is 0.253. The second-order valence-electron chi connectivity index (χ2n) is 7.10. The minimum absolute atomic E-state index is 0.394. The van der Waals surface area contributed by atoms with Gasteiger partial charge in [0.25, 0.3) is 0 Å². The maximum absolute atomic E-state index is 3.88. The summed E-state index contributed by atoms with van der Waals surface area (Å²) >= 11 is 0. The highest BCUT2D eigenvalue weighted by molar-refractivity contribution is 5.20. The maximum atomic E-state index is 3.88. The topological polar surface area (TPSA) is 24.1 Å². The summed E-state index contributed by atoms with van der Waals surface area (Å²) in [5, 5.41) is 7.76. The van der Waals surface area contributed by atoms with Crippen LogP contribution in [0.1, 0.15) is 62.7 Å². The van der Waals surface area contributed by atoms with Gasteiger partial charge in [-0.2, -0.15) is 0 Å². The fourth-order valence-corrected chi connectivity index (χ4v) is 3.85. The predicted molar refractivity (Wildman–Crippen MR) is 102 cm³/mol. The summed E-state index contributed by atoms with van der Waals surface area (Å²) in [6, 6.07) is 23.4. The Balaban J connectivity index is 1.63. The zero-order chi connectivity index (χ0) is 16.8. The van der Waals surface area contributed by atoms with Crippen molar-refractivity contribution in [1.29, 1.82) is 0 Å². The standard InChI is InChI=1S/C22H30N2/c1-17(19-11-5-3-6-12-19)23-21-15-9-10-16-22(21)24-18(2)20-13-7-4-8-14-20/h3-8,11-14,17-18,21-24H,9-10,15-16H2,1-2H3/t17-,18-,21-,22-/m0/s1. The fraction of sp³-hybridized carbons (Fsp3) is 0.455. The average Bonchev–Trinajstić information content (AvgIpc) is 2.64. The molecule has 0 amide bonds. The first-order valence-electron chi connectivity index (χ1n) is 9.36. The van der Waals surface area contributed by atoms with Crippen molar-refractivity contribution in [3.63, 3.8) is 0 Å². The van der Waals surface area contributed by atoms with Crippen LogP contribution in [0, 0.1) is 0 Å². The highest BCUT2D eigenvalue weighted by Crippen LogP contribution is 2.24. The number of hydrogen-bond acceptors (Lipinski definition) is 2. The van der Waals surface area contributed by atoms with E-state index in [2.05, 4.69) is 85.1 Å². The van der Waals surface area contributed by atoms with Crippen LogP contribution in [0.15, 0.2) is 60.7 Å². The van der Waals surface area contributed by atoms with Gasteiger partial charge in [0, 0.05) is 24.2 Å². The van der Waals surface area contributed by atoms with E-state index in [0.717, 1.165) is 0 Å². The van der Waals surface area contributed by atoms with E-state index in [4.69, 9.17) is 0 Å². The lowest BCUT2D eigenvalue weighted by Crippen LogP contribution is -2.51. The Morgan fingerprint density at radius 3 is 1.42 bits per heavy atom. The van der Waals surface area contributed by atoms with Crippen molar-refractivity contribution < 1.29 is 0 Å². The van der Waals surface area contributed by atoms with E-state index in [0.29, 0.717) is 24.2 Å². The Bertz CT molecular complexity index is 540. The van der Waals surface area contributed by atoms with Crippen LogP contribution in [0.5, 0.6) is 0 Å². The molecule has 4 atom stereocenters. The van der Waals surface area contributed by atoms with Gasteiger partial charge in [-0.1, -0.05) is 73.5 Å². The van der Waals surface area contributed by atoms with Crippen molar-refractivity contribution in [2.75, 3.05) is 0 Å². The molecule has 0 aromatic heterocycles. The minimum atomic E-state index is 0.394. The van der Waals surface area contributed by atoms with Crippen molar-refractivity contribution >= 4 is 0 Å². The molecule has 2 N–H and O–H groups in total. The SMILES string of the molecule is C[C@H](N[C@H]1CCCC[C@@H]1N[C@@H](C)c1ccccc1)c1ccccc1. The first-order valence-corrected chi connectivity index (χ1v) is 9.36. The molecule has 0 unspecified atom stereocenters. The van der Waals surface area contributed by atoms with E-state index in [9.17, 15) is 0 Å². The van der Waals surface area contributed by atoms with Crippen LogP contribution in [-0.2, 0) is 0 Å². The molecular weight excluding hydrogens is 292 g/mol. The largest absolute Gasteiger partial charge is 0.306 e. The molecule has 0 radical (unpaired) electrons. The van der Waals surface area contributed by atoms with E-state index < -0.39 is 0 Å². The third kappa shape index (κ3) is 4.46. The van der Waals surface area contributed by atoms with Gasteiger partial charge in [-0.15, -0.1) is 0 Å². The molecule has 1 saturated carbocycles. The van der Waals surface area contributed by atoms with Crippen molar-refractivity contribution in [2.45, 2.75) is 63.7 Å². The van der Waals surface area contributed by atoms with E-state index in [1.807, 2.05) is 0 Å². The normalized spacial score (nSPS) is 23.6. The fourth-order valence-electron chi connectivity index (χ4n) is 3.85. The zero-order valence-electron chi connectivity index (χ0n) is 14.9. The van der Waals surface area contributed by atoms with Gasteiger partial charge in [0.15, 0.2) is 0 Å². The van der Waals surface area contributed by atoms with Gasteiger partial charge in [-0.25, -0.2) is 0 Å². The molecule has 2 nitrogen and oxygen atoms in total. The van der Waals surface area contributed by atoms with Gasteiger partial charge in [0.05, 0.1) is 0 Å². The van der Waals surface area contributed by atoms with Crippen LogP contribution in [0.25, 0.3) is 0 Å². The quantitative estimate of drug-likeness (QED) is 0.782. The van der Waals surface area contributed by atoms with Gasteiger partial charge in [0.1, 0.15) is 0 Å². The highest BCUT2D eigenvalue weighted by atomic mass is 15.1. The highest BCUT2D eigenvalue weighted by Gasteiger charge is 2.27. The first kappa shape index (κ1) is 17.2. The molecule has 24 heavy (non-hydrogen) atoms. The Kier molecular flexibility index (Phi) is 6.06. The summed E-state index contributed by atoms with van der Waals surface area (Å²) in [5.41, 5.74) is 2.75. The number of hydrogen-bond donors (Lipinski definition) is 2. The van der Waals surface area contributed by atoms with Crippen molar-refractivity contribution in [2.24, 2.45) is 0 Å². The third-order valence-electron chi connectivity index (χ3n) is 5.29. The van der Waals surface area contributed by atoms with Crippen LogP contribution in [0.2, 0.25) is 0 Å². The van der Waals surface area contributed by atoms with Gasteiger partial charge in [-0.3, -0.25) is 0 Å². The summed E-state index contributed by atoms with van der Waals surface area (Å²) in [7, 11) is 0. The summed E-state index contributed by atoms with van der Waals surface area (Å²) in [6.07, 6.45) is 5.18. The second kappa shape index (κ2) is 8.46. The van der Waals surface area contributed by atoms with E-state index >= 15 is 0 Å². The number of rotatable bonds is 6. The molecule has 0 saturated heterocycles. The van der Waals surface area contributed by atoms with Crippen molar-refractivity contribution in [1.82, 2.24) is 10.6 Å². The monoisotopic (exact) mass is 322 g/mol. The molecule has 1 aliphatic rings. The number of benzene rings is 2. The summed E-state index contributed by atoms with van der Waals surface area (Å²) in [4.78, 5) is 0. The molecule has 1 fully saturated rings. The molecule has 0 aliphatic heterocycles. The predicted octanol–water partition coefficient (Wildman–Crippen LogP) is 5.00. The zero-order valence-corrected chi connectivity index (χ0v) is 14.9. The molecule has 0 heterocycles. The van der Waals surface area contributed by atoms with Crippen LogP contribution < -0.4 is 10.6 Å². The van der Waals surface area contributed by atoms with Gasteiger partial charge in [-0.05, 0) is 37.8 Å². The van der Waals surface area contributed by atoms with E-state index in [1.165, 1.54) is 36.8 Å². The molecule has 128 valence electrons. The van der Waals surface area contributed by atoms with Crippen LogP contribution in [0.4, 0.5) is 0 Å². The van der Waals surface area contributed by atoms with Crippen LogP contribution in [0.3, 0.4) is 0 Å². The Morgan fingerprint density at radius 2 is 1.04 bits per heavy atom. The Labute approximate surface area is 146 Å². The summed E-state index contributed by atoms with van der Waals surface area (Å²) in [6.45, 7) is 4.56. The second-order valence-corrected chi connectivity index (χ2v) is 7.10. The molecule has 2 aromatic rings. The van der Waals surface area contributed by atoms with Gasteiger partial charge >= 0.3 is 0 Å².